The Labute approximate surface area is 140 Å². The topological polar surface area (TPSA) is 61.8 Å². The van der Waals surface area contributed by atoms with Gasteiger partial charge in [-0.1, -0.05) is 12.8 Å². The highest BCUT2D eigenvalue weighted by atomic mass is 16.6. The number of aliphatic hydroxyl groups is 1. The zero-order chi connectivity index (χ0) is 16.9. The third-order valence-electron chi connectivity index (χ3n) is 5.08. The average Bonchev–Trinajstić information content (AvgIpc) is 2.52. The lowest BCUT2D eigenvalue weighted by atomic mass is 9.84. The van der Waals surface area contributed by atoms with Gasteiger partial charge in [0.15, 0.2) is 0 Å². The van der Waals surface area contributed by atoms with E-state index < -0.39 is 5.60 Å². The molecule has 2 atom stereocenters. The summed E-state index contributed by atoms with van der Waals surface area (Å²) in [4.78, 5) is 13.9. The molecule has 1 saturated carbocycles. The lowest BCUT2D eigenvalue weighted by molar-refractivity contribution is 0.0181. The number of piperidine rings is 1. The molecule has 1 heterocycles. The summed E-state index contributed by atoms with van der Waals surface area (Å²) in [5.41, 5.74) is -0.421. The number of nitrogens with zero attached hydrogens (tertiary/aromatic N) is 1. The van der Waals surface area contributed by atoms with Gasteiger partial charge in [-0.3, -0.25) is 0 Å². The standard InChI is InChI=1S/C18H34N2O3/c1-18(2,3)23-17(22)20-10-8-14(9-11-20)12-19-16-7-5-4-6-15(16)13-21/h14-16,19,21H,4-13H2,1-3H3/t15-,16-/m1/s1. The van der Waals surface area contributed by atoms with E-state index in [-0.39, 0.29) is 6.09 Å². The number of likely N-dealkylation sites (tertiary alicyclic amines) is 1. The van der Waals surface area contributed by atoms with Crippen LogP contribution in [0.2, 0.25) is 0 Å². The molecule has 134 valence electrons. The third-order valence-corrected chi connectivity index (χ3v) is 5.08. The van der Waals surface area contributed by atoms with E-state index in [1.165, 1.54) is 19.3 Å². The van der Waals surface area contributed by atoms with Crippen LogP contribution in [0.25, 0.3) is 0 Å². The van der Waals surface area contributed by atoms with E-state index in [0.29, 0.717) is 24.5 Å². The van der Waals surface area contributed by atoms with E-state index in [9.17, 15) is 9.90 Å². The predicted octanol–water partition coefficient (Wildman–Crippen LogP) is 2.77. The van der Waals surface area contributed by atoms with Crippen LogP contribution in [0, 0.1) is 11.8 Å². The molecule has 0 unspecified atom stereocenters. The fourth-order valence-corrected chi connectivity index (χ4v) is 3.66. The first-order valence-electron chi connectivity index (χ1n) is 9.21. The van der Waals surface area contributed by atoms with E-state index in [0.717, 1.165) is 38.9 Å². The summed E-state index contributed by atoms with van der Waals surface area (Å²) in [6.45, 7) is 8.60. The fraction of sp³-hybridized carbons (Fsp3) is 0.944. The number of carbonyl (C=O) groups is 1. The number of nitrogens with one attached hydrogen (secondary N) is 1. The summed E-state index contributed by atoms with van der Waals surface area (Å²) in [5.74, 6) is 1.04. The van der Waals surface area contributed by atoms with Crippen LogP contribution in [0.5, 0.6) is 0 Å². The van der Waals surface area contributed by atoms with Gasteiger partial charge in [0, 0.05) is 25.7 Å². The van der Waals surface area contributed by atoms with Crippen molar-refractivity contribution in [1.82, 2.24) is 10.2 Å². The van der Waals surface area contributed by atoms with Crippen molar-refractivity contribution in [3.8, 4) is 0 Å². The van der Waals surface area contributed by atoms with Crippen molar-refractivity contribution < 1.29 is 14.6 Å². The Bertz CT molecular complexity index is 373. The summed E-state index contributed by atoms with van der Waals surface area (Å²) in [6, 6.07) is 0.470. The molecule has 0 aromatic carbocycles. The van der Waals surface area contributed by atoms with Crippen molar-refractivity contribution in [2.45, 2.75) is 70.9 Å². The van der Waals surface area contributed by atoms with Gasteiger partial charge >= 0.3 is 6.09 Å². The molecular formula is C18H34N2O3. The molecule has 0 radical (unpaired) electrons. The minimum atomic E-state index is -0.421. The minimum absolute atomic E-state index is 0.184. The van der Waals surface area contributed by atoms with E-state index in [4.69, 9.17) is 4.74 Å². The van der Waals surface area contributed by atoms with Crippen molar-refractivity contribution in [3.05, 3.63) is 0 Å². The summed E-state index contributed by atoms with van der Waals surface area (Å²) < 4.78 is 5.44. The minimum Gasteiger partial charge on any atom is -0.444 e. The van der Waals surface area contributed by atoms with Gasteiger partial charge in [0.1, 0.15) is 5.60 Å². The molecule has 2 N–H and O–H groups in total. The lowest BCUT2D eigenvalue weighted by Gasteiger charge is -2.36. The number of rotatable bonds is 4. The molecule has 0 aromatic rings. The van der Waals surface area contributed by atoms with Crippen LogP contribution in [-0.4, -0.2) is 54.0 Å². The number of carbonyl (C=O) groups excluding carboxylic acids is 1. The van der Waals surface area contributed by atoms with Gasteiger partial charge in [-0.25, -0.2) is 4.79 Å². The number of aliphatic hydroxyl groups excluding tert-OH is 1. The zero-order valence-electron chi connectivity index (χ0n) is 15.0. The average molecular weight is 326 g/mol. The van der Waals surface area contributed by atoms with Crippen LogP contribution in [0.15, 0.2) is 0 Å². The van der Waals surface area contributed by atoms with E-state index in [2.05, 4.69) is 5.32 Å². The van der Waals surface area contributed by atoms with E-state index in [1.54, 1.807) is 0 Å². The van der Waals surface area contributed by atoms with Gasteiger partial charge in [-0.05, 0) is 64.8 Å². The van der Waals surface area contributed by atoms with Gasteiger partial charge in [-0.2, -0.15) is 0 Å². The Morgan fingerprint density at radius 2 is 1.83 bits per heavy atom. The second kappa shape index (κ2) is 8.34. The summed E-state index contributed by atoms with van der Waals surface area (Å²) in [7, 11) is 0. The highest BCUT2D eigenvalue weighted by Gasteiger charge is 2.28. The van der Waals surface area contributed by atoms with Crippen molar-refractivity contribution in [3.63, 3.8) is 0 Å². The highest BCUT2D eigenvalue weighted by Crippen LogP contribution is 2.25. The van der Waals surface area contributed by atoms with Crippen LogP contribution in [0.1, 0.15) is 59.3 Å². The monoisotopic (exact) mass is 326 g/mol. The highest BCUT2D eigenvalue weighted by molar-refractivity contribution is 5.68. The largest absolute Gasteiger partial charge is 0.444 e. The molecule has 0 bridgehead atoms. The normalized spacial score (nSPS) is 27.0. The van der Waals surface area contributed by atoms with E-state index in [1.807, 2.05) is 25.7 Å². The van der Waals surface area contributed by atoms with Crippen molar-refractivity contribution in [2.75, 3.05) is 26.2 Å². The maximum atomic E-state index is 12.1. The molecule has 5 heteroatoms. The molecule has 2 fully saturated rings. The maximum absolute atomic E-state index is 12.1. The Kier molecular flexibility index (Phi) is 6.72. The molecule has 1 saturated heterocycles. The molecule has 2 aliphatic rings. The predicted molar refractivity (Wildman–Crippen MR) is 91.4 cm³/mol. The Balaban J connectivity index is 1.69. The van der Waals surface area contributed by atoms with Gasteiger partial charge < -0.3 is 20.1 Å². The molecule has 1 aliphatic heterocycles. The first kappa shape index (κ1) is 18.5. The molecular weight excluding hydrogens is 292 g/mol. The molecule has 23 heavy (non-hydrogen) atoms. The van der Waals surface area contributed by atoms with Gasteiger partial charge in [-0.15, -0.1) is 0 Å². The SMILES string of the molecule is CC(C)(C)OC(=O)N1CCC(CN[C@@H]2CCCC[C@@H]2CO)CC1. The van der Waals surface area contributed by atoms with E-state index >= 15 is 0 Å². The van der Waals surface area contributed by atoms with Crippen LogP contribution in [0.4, 0.5) is 4.79 Å². The number of hydrogen-bond donors (Lipinski definition) is 2. The van der Waals surface area contributed by atoms with Crippen molar-refractivity contribution in [2.24, 2.45) is 11.8 Å². The molecule has 0 aromatic heterocycles. The van der Waals surface area contributed by atoms with Crippen LogP contribution >= 0.6 is 0 Å². The van der Waals surface area contributed by atoms with Crippen LogP contribution < -0.4 is 5.32 Å². The zero-order valence-corrected chi connectivity index (χ0v) is 15.0. The van der Waals surface area contributed by atoms with Crippen molar-refractivity contribution >= 4 is 6.09 Å². The molecule has 1 aliphatic carbocycles. The van der Waals surface area contributed by atoms with Gasteiger partial charge in [0.2, 0.25) is 0 Å². The molecule has 2 rings (SSSR count). The van der Waals surface area contributed by atoms with Crippen LogP contribution in [0.3, 0.4) is 0 Å². The van der Waals surface area contributed by atoms with Crippen molar-refractivity contribution in [1.29, 1.82) is 0 Å². The van der Waals surface area contributed by atoms with Crippen LogP contribution in [-0.2, 0) is 4.74 Å². The molecule has 1 amide bonds. The Morgan fingerprint density at radius 3 is 2.43 bits per heavy atom. The fourth-order valence-electron chi connectivity index (χ4n) is 3.66. The molecule has 0 spiro atoms. The van der Waals surface area contributed by atoms with Gasteiger partial charge in [0.05, 0.1) is 0 Å². The summed E-state index contributed by atoms with van der Waals surface area (Å²) in [6.07, 6.45) is 6.72. The van der Waals surface area contributed by atoms with Gasteiger partial charge in [0.25, 0.3) is 0 Å². The number of ether oxygens (including phenoxy) is 1. The second-order valence-corrected chi connectivity index (χ2v) is 8.15. The second-order valence-electron chi connectivity index (χ2n) is 8.15. The summed E-state index contributed by atoms with van der Waals surface area (Å²) >= 11 is 0. The number of hydrogen-bond acceptors (Lipinski definition) is 4. The summed E-state index contributed by atoms with van der Waals surface area (Å²) in [5, 5.41) is 13.2. The molecule has 5 nitrogen and oxygen atoms in total. The number of amides is 1. The Morgan fingerprint density at radius 1 is 1.17 bits per heavy atom. The first-order valence-corrected chi connectivity index (χ1v) is 9.21. The maximum Gasteiger partial charge on any atom is 0.410 e. The lowest BCUT2D eigenvalue weighted by Crippen LogP contribution is -2.46. The quantitative estimate of drug-likeness (QED) is 0.834. The smallest absolute Gasteiger partial charge is 0.410 e. The third kappa shape index (κ3) is 5.96. The first-order chi connectivity index (χ1) is 10.9. The Hall–Kier alpha value is -0.810.